The Labute approximate surface area is 101 Å². The zero-order valence-corrected chi connectivity index (χ0v) is 10.6. The highest BCUT2D eigenvalue weighted by Gasteiger charge is 2.07. The number of aromatic nitrogens is 3. The first-order valence-corrected chi connectivity index (χ1v) is 5.52. The Balaban J connectivity index is 2.72. The maximum Gasteiger partial charge on any atom is 0.323 e. The van der Waals surface area contributed by atoms with Gasteiger partial charge in [-0.25, -0.2) is 0 Å². The third-order valence-corrected chi connectivity index (χ3v) is 2.06. The highest BCUT2D eigenvalue weighted by atomic mass is 16.5. The van der Waals surface area contributed by atoms with Crippen LogP contribution in [-0.2, 0) is 4.74 Å². The van der Waals surface area contributed by atoms with Crippen LogP contribution >= 0.6 is 0 Å². The zero-order chi connectivity index (χ0) is 12.7. The molecule has 0 radical (unpaired) electrons. The molecule has 0 aliphatic heterocycles. The molecule has 96 valence electrons. The Kier molecular flexibility index (Phi) is 5.41. The van der Waals surface area contributed by atoms with E-state index in [4.69, 9.17) is 9.47 Å². The van der Waals surface area contributed by atoms with Crippen LogP contribution in [0.3, 0.4) is 0 Å². The molecule has 0 aliphatic rings. The van der Waals surface area contributed by atoms with Crippen LogP contribution in [0.25, 0.3) is 0 Å². The molecule has 17 heavy (non-hydrogen) atoms. The maximum atomic E-state index is 5.25. The van der Waals surface area contributed by atoms with Crippen molar-refractivity contribution in [3.8, 4) is 6.01 Å². The second-order valence-corrected chi connectivity index (χ2v) is 3.38. The van der Waals surface area contributed by atoms with Crippen molar-refractivity contribution < 1.29 is 9.47 Å². The lowest BCUT2D eigenvalue weighted by molar-refractivity contribution is 0.128. The lowest BCUT2D eigenvalue weighted by Crippen LogP contribution is -2.20. The van der Waals surface area contributed by atoms with E-state index in [9.17, 15) is 0 Å². The van der Waals surface area contributed by atoms with Gasteiger partial charge in [-0.05, 0) is 13.8 Å². The van der Waals surface area contributed by atoms with Gasteiger partial charge in [0.15, 0.2) is 0 Å². The molecule has 0 bridgehead atoms. The molecular weight excluding hydrogens is 222 g/mol. The number of nitrogens with zero attached hydrogens (tertiary/aromatic N) is 3. The number of anilines is 2. The average molecular weight is 241 g/mol. The molecule has 0 aromatic carbocycles. The first-order chi connectivity index (χ1) is 8.19. The molecule has 0 aliphatic carbocycles. The zero-order valence-electron chi connectivity index (χ0n) is 10.6. The van der Waals surface area contributed by atoms with Gasteiger partial charge in [-0.1, -0.05) is 0 Å². The summed E-state index contributed by atoms with van der Waals surface area (Å²) in [6, 6.07) is 0.305. The Morgan fingerprint density at radius 3 is 2.53 bits per heavy atom. The van der Waals surface area contributed by atoms with E-state index in [1.165, 1.54) is 0 Å². The highest BCUT2D eigenvalue weighted by molar-refractivity contribution is 5.35. The van der Waals surface area contributed by atoms with E-state index >= 15 is 0 Å². The molecule has 1 rings (SSSR count). The fraction of sp³-hybridized carbons (Fsp3) is 0.700. The van der Waals surface area contributed by atoms with E-state index in [0.29, 0.717) is 31.1 Å². The first kappa shape index (κ1) is 13.4. The number of nitrogens with one attached hydrogen (secondary N) is 2. The Morgan fingerprint density at radius 2 is 1.94 bits per heavy atom. The van der Waals surface area contributed by atoms with Gasteiger partial charge in [0.05, 0.1) is 12.7 Å². The second kappa shape index (κ2) is 6.85. The molecule has 1 heterocycles. The molecule has 7 heteroatoms. The highest BCUT2D eigenvalue weighted by Crippen LogP contribution is 2.10. The molecule has 1 atom stereocenters. The number of methoxy groups -OCH3 is 1. The molecule has 2 N–H and O–H groups in total. The smallest absolute Gasteiger partial charge is 0.323 e. The van der Waals surface area contributed by atoms with Crippen LogP contribution in [0.15, 0.2) is 0 Å². The largest absolute Gasteiger partial charge is 0.464 e. The van der Waals surface area contributed by atoms with Crippen molar-refractivity contribution in [2.24, 2.45) is 0 Å². The van der Waals surface area contributed by atoms with Gasteiger partial charge in [0.2, 0.25) is 11.9 Å². The minimum Gasteiger partial charge on any atom is -0.464 e. The molecule has 0 amide bonds. The normalized spacial score (nSPS) is 12.0. The summed E-state index contributed by atoms with van der Waals surface area (Å²) in [5.41, 5.74) is 0. The van der Waals surface area contributed by atoms with Crippen LogP contribution in [0, 0.1) is 0 Å². The fourth-order valence-corrected chi connectivity index (χ4v) is 1.06. The van der Waals surface area contributed by atoms with Crippen LogP contribution < -0.4 is 15.4 Å². The van der Waals surface area contributed by atoms with Crippen molar-refractivity contribution in [1.82, 2.24) is 15.0 Å². The molecule has 7 nitrogen and oxygen atoms in total. The predicted octanol–water partition coefficient (Wildman–Crippen LogP) is 0.759. The predicted molar refractivity (Wildman–Crippen MR) is 65.5 cm³/mol. The average Bonchev–Trinajstić information content (AvgIpc) is 2.36. The van der Waals surface area contributed by atoms with Crippen LogP contribution in [0.2, 0.25) is 0 Å². The van der Waals surface area contributed by atoms with Crippen molar-refractivity contribution >= 4 is 11.9 Å². The van der Waals surface area contributed by atoms with E-state index in [0.717, 1.165) is 0 Å². The second-order valence-electron chi connectivity index (χ2n) is 3.38. The van der Waals surface area contributed by atoms with Gasteiger partial charge in [0.1, 0.15) is 0 Å². The summed E-state index contributed by atoms with van der Waals surface area (Å²) in [5.74, 6) is 0.938. The van der Waals surface area contributed by atoms with E-state index in [1.807, 2.05) is 13.8 Å². The number of rotatable bonds is 7. The van der Waals surface area contributed by atoms with Crippen molar-refractivity contribution in [2.75, 3.05) is 37.9 Å². The third kappa shape index (κ3) is 4.39. The summed E-state index contributed by atoms with van der Waals surface area (Å²) >= 11 is 0. The van der Waals surface area contributed by atoms with Crippen LogP contribution in [-0.4, -0.2) is 48.4 Å². The quantitative estimate of drug-likeness (QED) is 0.729. The molecule has 0 saturated carbocycles. The first-order valence-electron chi connectivity index (χ1n) is 5.52. The Bertz CT molecular complexity index is 347. The van der Waals surface area contributed by atoms with Gasteiger partial charge in [-0.3, -0.25) is 0 Å². The molecule has 0 spiro atoms. The van der Waals surface area contributed by atoms with E-state index in [-0.39, 0.29) is 6.10 Å². The van der Waals surface area contributed by atoms with Crippen molar-refractivity contribution in [1.29, 1.82) is 0 Å². The van der Waals surface area contributed by atoms with Gasteiger partial charge in [0.25, 0.3) is 0 Å². The topological polar surface area (TPSA) is 81.2 Å². The monoisotopic (exact) mass is 241 g/mol. The lowest BCUT2D eigenvalue weighted by Gasteiger charge is -2.11. The van der Waals surface area contributed by atoms with Crippen LogP contribution in [0.4, 0.5) is 11.9 Å². The van der Waals surface area contributed by atoms with Gasteiger partial charge in [0, 0.05) is 20.7 Å². The Hall–Kier alpha value is -1.63. The number of hydrogen-bond acceptors (Lipinski definition) is 7. The van der Waals surface area contributed by atoms with E-state index in [1.54, 1.807) is 14.2 Å². The molecule has 1 aromatic rings. The van der Waals surface area contributed by atoms with Gasteiger partial charge in [-0.15, -0.1) is 0 Å². The number of hydrogen-bond donors (Lipinski definition) is 2. The lowest BCUT2D eigenvalue weighted by atomic mass is 10.4. The summed E-state index contributed by atoms with van der Waals surface area (Å²) in [7, 11) is 3.40. The third-order valence-electron chi connectivity index (χ3n) is 2.06. The molecule has 0 fully saturated rings. The van der Waals surface area contributed by atoms with E-state index < -0.39 is 0 Å². The Morgan fingerprint density at radius 1 is 1.24 bits per heavy atom. The number of ether oxygens (including phenoxy) is 2. The maximum absolute atomic E-state index is 5.25. The fourth-order valence-electron chi connectivity index (χ4n) is 1.06. The SMILES string of the molecule is CCOc1nc(NC)nc(NCC(C)OC)n1. The molecule has 0 saturated heterocycles. The van der Waals surface area contributed by atoms with Crippen LogP contribution in [0.5, 0.6) is 6.01 Å². The van der Waals surface area contributed by atoms with Crippen molar-refractivity contribution in [3.63, 3.8) is 0 Å². The molecule has 1 aromatic heterocycles. The molecular formula is C10H19N5O2. The summed E-state index contributed by atoms with van der Waals surface area (Å²) < 4.78 is 10.4. The molecule has 1 unspecified atom stereocenters. The van der Waals surface area contributed by atoms with Gasteiger partial charge in [-0.2, -0.15) is 15.0 Å². The van der Waals surface area contributed by atoms with Crippen LogP contribution in [0.1, 0.15) is 13.8 Å². The minimum absolute atomic E-state index is 0.0837. The summed E-state index contributed by atoms with van der Waals surface area (Å²) in [6.07, 6.45) is 0.0837. The summed E-state index contributed by atoms with van der Waals surface area (Å²) in [6.45, 7) is 4.97. The van der Waals surface area contributed by atoms with Gasteiger partial charge < -0.3 is 20.1 Å². The summed E-state index contributed by atoms with van der Waals surface area (Å²) in [4.78, 5) is 12.3. The van der Waals surface area contributed by atoms with Crippen molar-refractivity contribution in [3.05, 3.63) is 0 Å². The van der Waals surface area contributed by atoms with E-state index in [2.05, 4.69) is 25.6 Å². The van der Waals surface area contributed by atoms with Gasteiger partial charge >= 0.3 is 6.01 Å². The standard InChI is InChI=1S/C10H19N5O2/c1-5-17-10-14-8(11-3)13-9(15-10)12-6-7(2)16-4/h7H,5-6H2,1-4H3,(H2,11,12,13,14,15). The van der Waals surface area contributed by atoms with Crippen molar-refractivity contribution in [2.45, 2.75) is 20.0 Å². The minimum atomic E-state index is 0.0837. The summed E-state index contributed by atoms with van der Waals surface area (Å²) in [5, 5.41) is 5.92.